The van der Waals surface area contributed by atoms with Gasteiger partial charge in [0.2, 0.25) is 0 Å². The lowest BCUT2D eigenvalue weighted by atomic mass is 10.2. The van der Waals surface area contributed by atoms with Gasteiger partial charge < -0.3 is 4.74 Å². The summed E-state index contributed by atoms with van der Waals surface area (Å²) in [6, 6.07) is 8.22. The van der Waals surface area contributed by atoms with Crippen molar-refractivity contribution in [2.45, 2.75) is 31.6 Å². The van der Waals surface area contributed by atoms with Gasteiger partial charge in [0.25, 0.3) is 0 Å². The average Bonchev–Trinajstić information content (AvgIpc) is 3.24. The molecule has 2 aromatic rings. The van der Waals surface area contributed by atoms with Gasteiger partial charge in [0, 0.05) is 17.2 Å². The fourth-order valence-electron chi connectivity index (χ4n) is 2.18. The third-order valence-electron chi connectivity index (χ3n) is 3.37. The van der Waals surface area contributed by atoms with E-state index in [0.29, 0.717) is 31.1 Å². The van der Waals surface area contributed by atoms with E-state index in [1.54, 1.807) is 23.5 Å². The molecule has 1 aliphatic carbocycles. The minimum atomic E-state index is -0.266. The molecule has 0 atom stereocenters. The Morgan fingerprint density at radius 3 is 2.76 bits per heavy atom. The molecule has 0 radical (unpaired) electrons. The van der Waals surface area contributed by atoms with Crippen LogP contribution in [0.2, 0.25) is 0 Å². The number of halogens is 1. The van der Waals surface area contributed by atoms with Crippen molar-refractivity contribution in [1.82, 2.24) is 4.98 Å². The Labute approximate surface area is 127 Å². The van der Waals surface area contributed by atoms with Gasteiger partial charge in [-0.05, 0) is 37.1 Å². The van der Waals surface area contributed by atoms with Crippen LogP contribution in [0.4, 0.5) is 4.39 Å². The van der Waals surface area contributed by atoms with Crippen molar-refractivity contribution >= 4 is 11.3 Å². The third kappa shape index (κ3) is 3.59. The number of thiazole rings is 1. The van der Waals surface area contributed by atoms with E-state index in [9.17, 15) is 4.39 Å². The first-order valence-electron chi connectivity index (χ1n) is 7.00. The molecule has 3 rings (SSSR count). The van der Waals surface area contributed by atoms with Crippen LogP contribution in [0.1, 0.15) is 34.3 Å². The van der Waals surface area contributed by atoms with E-state index in [2.05, 4.69) is 11.1 Å². The van der Waals surface area contributed by atoms with E-state index in [1.165, 1.54) is 25.0 Å². The molecule has 108 valence electrons. The number of hydrogen-bond acceptors (Lipinski definition) is 4. The summed E-state index contributed by atoms with van der Waals surface area (Å²) in [5.41, 5.74) is 1.12. The van der Waals surface area contributed by atoms with Crippen LogP contribution in [0.3, 0.4) is 0 Å². The van der Waals surface area contributed by atoms with E-state index >= 15 is 0 Å². The molecular weight excluding hydrogens is 287 g/mol. The van der Waals surface area contributed by atoms with Gasteiger partial charge in [-0.2, -0.15) is 5.26 Å². The highest BCUT2D eigenvalue weighted by Gasteiger charge is 2.29. The normalized spacial score (nSPS) is 13.9. The van der Waals surface area contributed by atoms with Crippen molar-refractivity contribution in [3.8, 4) is 11.8 Å². The monoisotopic (exact) mass is 302 g/mol. The van der Waals surface area contributed by atoms with Crippen molar-refractivity contribution in [2.24, 2.45) is 0 Å². The lowest BCUT2D eigenvalue weighted by Gasteiger charge is -2.04. The number of aromatic nitrogens is 1. The Morgan fingerprint density at radius 1 is 1.33 bits per heavy atom. The summed E-state index contributed by atoms with van der Waals surface area (Å²) in [7, 11) is 0. The second kappa shape index (κ2) is 6.23. The summed E-state index contributed by atoms with van der Waals surface area (Å²) < 4.78 is 18.4. The largest absolute Gasteiger partial charge is 0.493 e. The second-order valence-electron chi connectivity index (χ2n) is 5.08. The number of benzene rings is 1. The standard InChI is InChI=1S/C16H15FN2OS/c17-12-3-5-13(6-4-12)20-10-8-15-19-16(11-1-2-11)14(21-15)7-9-18/h3-6,11H,1-2,7-8,10H2. The van der Waals surface area contributed by atoms with Crippen LogP contribution in [0.5, 0.6) is 5.75 Å². The molecule has 0 N–H and O–H groups in total. The van der Waals surface area contributed by atoms with Crippen LogP contribution >= 0.6 is 11.3 Å². The molecule has 0 amide bonds. The zero-order chi connectivity index (χ0) is 14.7. The second-order valence-corrected chi connectivity index (χ2v) is 6.25. The smallest absolute Gasteiger partial charge is 0.123 e. The predicted octanol–water partition coefficient (Wildman–Crippen LogP) is 3.85. The Bertz CT molecular complexity index is 656. The fourth-order valence-corrected chi connectivity index (χ4v) is 3.25. The summed E-state index contributed by atoms with van der Waals surface area (Å²) in [6.07, 6.45) is 3.54. The quantitative estimate of drug-likeness (QED) is 0.814. The first-order valence-corrected chi connectivity index (χ1v) is 7.81. The van der Waals surface area contributed by atoms with E-state index in [4.69, 9.17) is 10.00 Å². The van der Waals surface area contributed by atoms with Gasteiger partial charge in [0.05, 0.1) is 29.8 Å². The summed E-state index contributed by atoms with van der Waals surface area (Å²) in [6.45, 7) is 0.509. The SMILES string of the molecule is N#CCc1sc(CCOc2ccc(F)cc2)nc1C1CC1. The van der Waals surface area contributed by atoms with E-state index < -0.39 is 0 Å². The maximum absolute atomic E-state index is 12.8. The molecule has 0 spiro atoms. The Hall–Kier alpha value is -1.93. The number of nitrogens with zero attached hydrogens (tertiary/aromatic N) is 2. The van der Waals surface area contributed by atoms with Crippen molar-refractivity contribution in [3.05, 3.63) is 45.7 Å². The van der Waals surface area contributed by atoms with Crippen LogP contribution in [0.15, 0.2) is 24.3 Å². The Balaban J connectivity index is 1.59. The highest BCUT2D eigenvalue weighted by Crippen LogP contribution is 2.42. The van der Waals surface area contributed by atoms with Crippen LogP contribution < -0.4 is 4.74 Å². The maximum Gasteiger partial charge on any atom is 0.123 e. The minimum absolute atomic E-state index is 0.266. The highest BCUT2D eigenvalue weighted by atomic mass is 32.1. The van der Waals surface area contributed by atoms with Gasteiger partial charge in [-0.1, -0.05) is 0 Å². The first-order chi connectivity index (χ1) is 10.3. The van der Waals surface area contributed by atoms with Crippen molar-refractivity contribution in [2.75, 3.05) is 6.61 Å². The van der Waals surface area contributed by atoms with Gasteiger partial charge in [0.1, 0.15) is 11.6 Å². The molecule has 5 heteroatoms. The minimum Gasteiger partial charge on any atom is -0.493 e. The fraction of sp³-hybridized carbons (Fsp3) is 0.375. The van der Waals surface area contributed by atoms with E-state index in [1.807, 2.05) is 0 Å². The molecule has 1 aromatic carbocycles. The molecule has 1 saturated carbocycles. The lowest BCUT2D eigenvalue weighted by molar-refractivity contribution is 0.321. The maximum atomic E-state index is 12.8. The molecule has 1 fully saturated rings. The van der Waals surface area contributed by atoms with Crippen LogP contribution in [0, 0.1) is 17.1 Å². The van der Waals surface area contributed by atoms with E-state index in [-0.39, 0.29) is 5.82 Å². The van der Waals surface area contributed by atoms with Crippen molar-refractivity contribution in [1.29, 1.82) is 5.26 Å². The van der Waals surface area contributed by atoms with Gasteiger partial charge in [-0.25, -0.2) is 9.37 Å². The summed E-state index contributed by atoms with van der Waals surface area (Å²) in [5, 5.41) is 9.89. The highest BCUT2D eigenvalue weighted by molar-refractivity contribution is 7.11. The lowest BCUT2D eigenvalue weighted by Crippen LogP contribution is -2.01. The van der Waals surface area contributed by atoms with Gasteiger partial charge in [-0.15, -0.1) is 11.3 Å². The number of rotatable bonds is 6. The number of hydrogen-bond donors (Lipinski definition) is 0. The number of ether oxygens (including phenoxy) is 1. The molecule has 0 bridgehead atoms. The van der Waals surface area contributed by atoms with Crippen LogP contribution in [-0.2, 0) is 12.8 Å². The molecule has 1 heterocycles. The Morgan fingerprint density at radius 2 is 2.10 bits per heavy atom. The molecule has 1 aromatic heterocycles. The molecule has 0 aliphatic heterocycles. The van der Waals surface area contributed by atoms with Gasteiger partial charge in [-0.3, -0.25) is 0 Å². The predicted molar refractivity (Wildman–Crippen MR) is 79.0 cm³/mol. The molecule has 0 saturated heterocycles. The van der Waals surface area contributed by atoms with Crippen LogP contribution in [0.25, 0.3) is 0 Å². The molecule has 3 nitrogen and oxygen atoms in total. The zero-order valence-electron chi connectivity index (χ0n) is 11.5. The third-order valence-corrected chi connectivity index (χ3v) is 4.50. The van der Waals surface area contributed by atoms with Crippen molar-refractivity contribution < 1.29 is 9.13 Å². The topological polar surface area (TPSA) is 45.9 Å². The Kier molecular flexibility index (Phi) is 4.16. The van der Waals surface area contributed by atoms with Crippen LogP contribution in [-0.4, -0.2) is 11.6 Å². The number of nitriles is 1. The zero-order valence-corrected chi connectivity index (χ0v) is 12.3. The first kappa shape index (κ1) is 14.0. The molecular formula is C16H15FN2OS. The summed E-state index contributed by atoms with van der Waals surface area (Å²) in [5.74, 6) is 0.960. The van der Waals surface area contributed by atoms with Gasteiger partial charge >= 0.3 is 0 Å². The molecule has 0 unspecified atom stereocenters. The van der Waals surface area contributed by atoms with Crippen molar-refractivity contribution in [3.63, 3.8) is 0 Å². The van der Waals surface area contributed by atoms with E-state index in [0.717, 1.165) is 15.6 Å². The molecule has 21 heavy (non-hydrogen) atoms. The molecule has 1 aliphatic rings. The summed E-state index contributed by atoms with van der Waals surface area (Å²) in [4.78, 5) is 5.77. The van der Waals surface area contributed by atoms with Gasteiger partial charge in [0.15, 0.2) is 0 Å². The summed E-state index contributed by atoms with van der Waals surface area (Å²) >= 11 is 1.62. The average molecular weight is 302 g/mol.